The van der Waals surface area contributed by atoms with Crippen molar-refractivity contribution in [3.05, 3.63) is 53.6 Å². The van der Waals surface area contributed by atoms with Crippen molar-refractivity contribution in [2.75, 3.05) is 11.4 Å². The van der Waals surface area contributed by atoms with Crippen LogP contribution in [0.15, 0.2) is 56.9 Å². The van der Waals surface area contributed by atoms with Crippen LogP contribution >= 0.6 is 0 Å². The second-order valence-corrected chi connectivity index (χ2v) is 10.4. The highest BCUT2D eigenvalue weighted by Crippen LogP contribution is 2.35. The van der Waals surface area contributed by atoms with Crippen LogP contribution in [-0.2, 0) is 10.0 Å². The Balaban J connectivity index is 1.54. The normalized spacial score (nSPS) is 21.3. The highest BCUT2D eigenvalue weighted by atomic mass is 32.2. The maximum absolute atomic E-state index is 13.4. The lowest BCUT2D eigenvalue weighted by Gasteiger charge is -2.29. The van der Waals surface area contributed by atoms with E-state index in [-0.39, 0.29) is 16.8 Å². The molecule has 7 nitrogen and oxygen atoms in total. The minimum atomic E-state index is -3.84. The maximum atomic E-state index is 13.4. The second kappa shape index (κ2) is 8.65. The molecule has 5 rings (SSSR count). The number of carbonyl (C=O) groups is 1. The molecular weight excluding hydrogens is 424 g/mol. The van der Waals surface area contributed by atoms with Gasteiger partial charge in [-0.1, -0.05) is 31.7 Å². The van der Waals surface area contributed by atoms with E-state index in [0.29, 0.717) is 29.0 Å². The fraction of sp³-hybridized carbons (Fsp3) is 0.458. The van der Waals surface area contributed by atoms with Crippen molar-refractivity contribution >= 4 is 27.5 Å². The van der Waals surface area contributed by atoms with Gasteiger partial charge >= 0.3 is 0 Å². The third-order valence-corrected chi connectivity index (χ3v) is 7.88. The van der Waals surface area contributed by atoms with Crippen LogP contribution in [0.2, 0.25) is 0 Å². The molecular formula is C24H28N4O3S. The summed E-state index contributed by atoms with van der Waals surface area (Å²) < 4.78 is 31.5. The van der Waals surface area contributed by atoms with Gasteiger partial charge < -0.3 is 4.90 Å². The molecule has 0 atom stereocenters. The van der Waals surface area contributed by atoms with Crippen LogP contribution in [0.3, 0.4) is 0 Å². The number of pyridine rings is 1. The first-order valence-corrected chi connectivity index (χ1v) is 13.0. The molecule has 1 saturated heterocycles. The van der Waals surface area contributed by atoms with Crippen molar-refractivity contribution in [1.29, 1.82) is 0 Å². The van der Waals surface area contributed by atoms with Gasteiger partial charge in [-0.25, -0.2) is 0 Å². The van der Waals surface area contributed by atoms with Crippen molar-refractivity contribution in [2.45, 2.75) is 68.7 Å². The third kappa shape index (κ3) is 4.03. The Kier molecular flexibility index (Phi) is 5.71. The zero-order valence-corrected chi connectivity index (χ0v) is 18.9. The fourth-order valence-electron chi connectivity index (χ4n) is 4.86. The molecule has 0 bridgehead atoms. The zero-order chi connectivity index (χ0) is 22.1. The van der Waals surface area contributed by atoms with E-state index < -0.39 is 10.0 Å². The number of rotatable bonds is 2. The Morgan fingerprint density at radius 3 is 2.66 bits per heavy atom. The zero-order valence-electron chi connectivity index (χ0n) is 18.1. The van der Waals surface area contributed by atoms with Crippen molar-refractivity contribution in [3.63, 3.8) is 0 Å². The summed E-state index contributed by atoms with van der Waals surface area (Å²) in [4.78, 5) is 20.3. The molecule has 2 aliphatic heterocycles. The van der Waals surface area contributed by atoms with E-state index in [1.54, 1.807) is 24.4 Å². The summed E-state index contributed by atoms with van der Waals surface area (Å²) in [5, 5.41) is 0. The van der Waals surface area contributed by atoms with E-state index in [4.69, 9.17) is 4.99 Å². The predicted octanol–water partition coefficient (Wildman–Crippen LogP) is 3.89. The number of carbonyl (C=O) groups excluding carboxylic acids is 1. The van der Waals surface area contributed by atoms with Gasteiger partial charge in [-0.05, 0) is 56.0 Å². The van der Waals surface area contributed by atoms with Gasteiger partial charge in [0.15, 0.2) is 0 Å². The summed E-state index contributed by atoms with van der Waals surface area (Å²) in [6.45, 7) is 0.743. The van der Waals surface area contributed by atoms with Gasteiger partial charge in [0.1, 0.15) is 16.2 Å². The highest BCUT2D eigenvalue weighted by Gasteiger charge is 2.32. The molecule has 2 aromatic rings. The molecule has 3 heterocycles. The first kappa shape index (κ1) is 21.1. The number of benzene rings is 1. The van der Waals surface area contributed by atoms with Gasteiger partial charge in [0.05, 0.1) is 11.7 Å². The minimum Gasteiger partial charge on any atom is -0.328 e. The Bertz CT molecular complexity index is 1240. The van der Waals surface area contributed by atoms with Gasteiger partial charge in [-0.15, -0.1) is 4.40 Å². The molecule has 168 valence electrons. The number of anilines is 1. The quantitative estimate of drug-likeness (QED) is 0.692. The van der Waals surface area contributed by atoms with Crippen LogP contribution < -0.4 is 10.4 Å². The van der Waals surface area contributed by atoms with Crippen molar-refractivity contribution < 1.29 is 13.2 Å². The van der Waals surface area contributed by atoms with Crippen molar-refractivity contribution in [2.24, 2.45) is 9.39 Å². The number of nitrogens with zero attached hydrogens (tertiary/aromatic N) is 4. The van der Waals surface area contributed by atoms with E-state index in [2.05, 4.69) is 4.40 Å². The molecule has 8 heteroatoms. The molecule has 2 fully saturated rings. The van der Waals surface area contributed by atoms with Gasteiger partial charge in [-0.3, -0.25) is 14.4 Å². The van der Waals surface area contributed by atoms with E-state index in [9.17, 15) is 13.2 Å². The number of amidine groups is 1. The van der Waals surface area contributed by atoms with Crippen LogP contribution in [-0.4, -0.2) is 37.3 Å². The number of hydrogen-bond acceptors (Lipinski definition) is 5. The van der Waals surface area contributed by atoms with Gasteiger partial charge in [-0.2, -0.15) is 8.42 Å². The monoisotopic (exact) mass is 452 g/mol. The molecule has 1 aromatic heterocycles. The number of fused-ring (bicyclic) bond motifs is 3. The first-order chi connectivity index (χ1) is 15.5. The summed E-state index contributed by atoms with van der Waals surface area (Å²) in [5.41, 5.74) is 1.55. The van der Waals surface area contributed by atoms with Gasteiger partial charge in [0.2, 0.25) is 0 Å². The smallest absolute Gasteiger partial charge is 0.286 e. The summed E-state index contributed by atoms with van der Waals surface area (Å²) in [6.07, 6.45) is 11.0. The van der Waals surface area contributed by atoms with Crippen LogP contribution in [0.5, 0.6) is 0 Å². The number of aromatic nitrogens is 1. The molecule has 32 heavy (non-hydrogen) atoms. The molecule has 0 radical (unpaired) electrons. The highest BCUT2D eigenvalue weighted by molar-refractivity contribution is 7.90. The number of sulfonamides is 1. The topological polar surface area (TPSA) is 84.1 Å². The molecule has 0 spiro atoms. The summed E-state index contributed by atoms with van der Waals surface area (Å²) in [7, 11) is -3.84. The largest absolute Gasteiger partial charge is 0.328 e. The molecule has 1 saturated carbocycles. The Labute approximate surface area is 188 Å². The third-order valence-electron chi connectivity index (χ3n) is 6.54. The lowest BCUT2D eigenvalue weighted by molar-refractivity contribution is 0.0954. The van der Waals surface area contributed by atoms with Crippen LogP contribution in [0.25, 0.3) is 0 Å². The lowest BCUT2D eigenvalue weighted by atomic mass is 9.96. The molecule has 1 aromatic carbocycles. The van der Waals surface area contributed by atoms with E-state index in [0.717, 1.165) is 51.5 Å². The first-order valence-electron chi connectivity index (χ1n) is 11.5. The van der Waals surface area contributed by atoms with Crippen LogP contribution in [0.4, 0.5) is 5.69 Å². The standard InChI is InChI=1S/C24H28N4O3S/c29-24(28-16-8-6-11-22(28)25-19-9-3-1-4-10-19)18-13-14-20-21(17-18)32(30,31)26-23-12-5-2-7-15-27(20)23/h6,8,11,13-14,16-17,19H,1-5,7,9-10,12,15H2. The van der Waals surface area contributed by atoms with Crippen LogP contribution in [0, 0.1) is 0 Å². The summed E-state index contributed by atoms with van der Waals surface area (Å²) in [6, 6.07) is 10.7. The SMILES string of the molecule is O=C(c1ccc2c(c1)S(=O)(=O)N=C1CCCCCN12)n1ccccc1=NC1CCCCC1. The van der Waals surface area contributed by atoms with E-state index in [1.807, 2.05) is 17.0 Å². The predicted molar refractivity (Wildman–Crippen MR) is 123 cm³/mol. The van der Waals surface area contributed by atoms with Crippen molar-refractivity contribution in [1.82, 2.24) is 4.57 Å². The molecule has 0 unspecified atom stereocenters. The minimum absolute atomic E-state index is 0.108. The molecule has 3 aliphatic rings. The Morgan fingerprint density at radius 2 is 1.81 bits per heavy atom. The van der Waals surface area contributed by atoms with E-state index in [1.165, 1.54) is 17.1 Å². The average molecular weight is 453 g/mol. The molecule has 0 amide bonds. The Morgan fingerprint density at radius 1 is 1.00 bits per heavy atom. The summed E-state index contributed by atoms with van der Waals surface area (Å²) in [5.74, 6) is 0.323. The Hall–Kier alpha value is -2.74. The second-order valence-electron chi connectivity index (χ2n) is 8.78. The molecule has 1 aliphatic carbocycles. The van der Waals surface area contributed by atoms with Crippen LogP contribution in [0.1, 0.15) is 68.1 Å². The lowest BCUT2D eigenvalue weighted by Crippen LogP contribution is -2.35. The fourth-order valence-corrected chi connectivity index (χ4v) is 6.14. The van der Waals surface area contributed by atoms with Crippen molar-refractivity contribution in [3.8, 4) is 0 Å². The van der Waals surface area contributed by atoms with Gasteiger partial charge in [0.25, 0.3) is 15.9 Å². The maximum Gasteiger partial charge on any atom is 0.286 e. The molecule has 0 N–H and O–H groups in total. The summed E-state index contributed by atoms with van der Waals surface area (Å²) >= 11 is 0. The van der Waals surface area contributed by atoms with E-state index >= 15 is 0 Å². The van der Waals surface area contributed by atoms with Gasteiger partial charge in [0, 0.05) is 24.7 Å². The average Bonchev–Trinajstić information content (AvgIpc) is 3.04. The number of hydrogen-bond donors (Lipinski definition) is 0.